The van der Waals surface area contributed by atoms with Crippen molar-refractivity contribution in [1.29, 1.82) is 0 Å². The number of carbonyl (C=O) groups excluding carboxylic acids is 1. The van der Waals surface area contributed by atoms with Gasteiger partial charge in [-0.1, -0.05) is 57.8 Å². The summed E-state index contributed by atoms with van der Waals surface area (Å²) in [5, 5.41) is 14.6. The van der Waals surface area contributed by atoms with Crippen LogP contribution in [-0.4, -0.2) is 58.2 Å². The molecule has 0 aromatic carbocycles. The number of aromatic nitrogens is 2. The minimum absolute atomic E-state index is 0.0406. The van der Waals surface area contributed by atoms with Gasteiger partial charge < -0.3 is 25.1 Å². The average Bonchev–Trinajstić information content (AvgIpc) is 3.51. The zero-order chi connectivity index (χ0) is 26.7. The number of carboxylic acid groups (broad SMARTS) is 1. The van der Waals surface area contributed by atoms with Crippen LogP contribution in [0.25, 0.3) is 0 Å². The number of carbonyl (C=O) groups is 2. The number of anilines is 1. The Kier molecular flexibility index (Phi) is 11.7. The van der Waals surface area contributed by atoms with Crippen LogP contribution in [0.15, 0.2) is 21.0 Å². The molecule has 9 nitrogen and oxygen atoms in total. The van der Waals surface area contributed by atoms with E-state index in [2.05, 4.69) is 46.3 Å². The van der Waals surface area contributed by atoms with Crippen LogP contribution in [-0.2, 0) is 16.0 Å². The van der Waals surface area contributed by atoms with Gasteiger partial charge in [-0.05, 0) is 45.3 Å². The number of nitrogens with zero attached hydrogens (tertiary/aromatic N) is 3. The molecule has 11 heteroatoms. The van der Waals surface area contributed by atoms with Gasteiger partial charge in [0.1, 0.15) is 5.76 Å². The largest absolute Gasteiger partial charge is 0.465 e. The number of thioether (sulfide) groups is 1. The van der Waals surface area contributed by atoms with Gasteiger partial charge in [0.05, 0.1) is 22.4 Å². The molecule has 2 aromatic rings. The molecular formula is C26H41N5O4S2. The highest BCUT2D eigenvalue weighted by Gasteiger charge is 2.25. The SMILES string of the molecule is CC(C)(C)c1cnc(CSc2cnc(NC(=O)C3CCN(CCCCCCCCNC(=O)O)CC3)s2)o1. The van der Waals surface area contributed by atoms with Crippen LogP contribution in [0.3, 0.4) is 0 Å². The topological polar surface area (TPSA) is 121 Å². The maximum absolute atomic E-state index is 12.8. The molecular weight excluding hydrogens is 510 g/mol. The predicted molar refractivity (Wildman–Crippen MR) is 148 cm³/mol. The van der Waals surface area contributed by atoms with Crippen LogP contribution in [0.2, 0.25) is 0 Å². The fraction of sp³-hybridized carbons (Fsp3) is 0.692. The molecule has 0 saturated carbocycles. The molecule has 0 atom stereocenters. The molecule has 1 aliphatic rings. The lowest BCUT2D eigenvalue weighted by Crippen LogP contribution is -2.38. The third-order valence-corrected chi connectivity index (χ3v) is 8.57. The maximum atomic E-state index is 12.8. The summed E-state index contributed by atoms with van der Waals surface area (Å²) < 4.78 is 6.88. The van der Waals surface area contributed by atoms with Crippen molar-refractivity contribution in [3.63, 3.8) is 0 Å². The predicted octanol–water partition coefficient (Wildman–Crippen LogP) is 5.98. The zero-order valence-electron chi connectivity index (χ0n) is 22.3. The van der Waals surface area contributed by atoms with Crippen molar-refractivity contribution in [2.45, 2.75) is 87.5 Å². The summed E-state index contributed by atoms with van der Waals surface area (Å²) in [6.07, 6.45) is 11.1. The van der Waals surface area contributed by atoms with E-state index in [0.29, 0.717) is 23.3 Å². The molecule has 1 aliphatic heterocycles. The third kappa shape index (κ3) is 10.6. The fourth-order valence-corrected chi connectivity index (χ4v) is 5.96. The number of thiazole rings is 1. The average molecular weight is 552 g/mol. The molecule has 0 bridgehead atoms. The van der Waals surface area contributed by atoms with Gasteiger partial charge in [-0.15, -0.1) is 11.8 Å². The minimum atomic E-state index is -0.942. The highest BCUT2D eigenvalue weighted by Crippen LogP contribution is 2.32. The van der Waals surface area contributed by atoms with E-state index in [1.165, 1.54) is 30.6 Å². The first-order valence-electron chi connectivity index (χ1n) is 13.2. The summed E-state index contributed by atoms with van der Waals surface area (Å²) in [5.41, 5.74) is -0.0569. The van der Waals surface area contributed by atoms with E-state index in [1.807, 2.05) is 0 Å². The Morgan fingerprint density at radius 2 is 1.81 bits per heavy atom. The molecule has 3 rings (SSSR count). The molecule has 206 valence electrons. The molecule has 3 N–H and O–H groups in total. The number of amides is 2. The summed E-state index contributed by atoms with van der Waals surface area (Å²) in [6.45, 7) is 9.86. The second-order valence-electron chi connectivity index (χ2n) is 10.6. The molecule has 1 fully saturated rings. The molecule has 0 spiro atoms. The first-order chi connectivity index (χ1) is 17.7. The lowest BCUT2D eigenvalue weighted by molar-refractivity contribution is -0.121. The first kappa shape index (κ1) is 29.4. The number of oxazole rings is 1. The second kappa shape index (κ2) is 14.7. The van der Waals surface area contributed by atoms with Crippen molar-refractivity contribution in [2.75, 3.05) is 31.5 Å². The summed E-state index contributed by atoms with van der Waals surface area (Å²) in [4.78, 5) is 34.4. The number of nitrogens with one attached hydrogen (secondary N) is 2. The number of hydrogen-bond donors (Lipinski definition) is 3. The fourth-order valence-electron chi connectivity index (χ4n) is 4.23. The molecule has 0 radical (unpaired) electrons. The van der Waals surface area contributed by atoms with E-state index in [9.17, 15) is 9.59 Å². The highest BCUT2D eigenvalue weighted by atomic mass is 32.2. The highest BCUT2D eigenvalue weighted by molar-refractivity contribution is 8.00. The molecule has 1 saturated heterocycles. The number of unbranched alkanes of at least 4 members (excludes halogenated alkanes) is 5. The van der Waals surface area contributed by atoms with Gasteiger partial charge in [-0.25, -0.2) is 14.8 Å². The van der Waals surface area contributed by atoms with Crippen molar-refractivity contribution in [2.24, 2.45) is 5.92 Å². The van der Waals surface area contributed by atoms with Crippen molar-refractivity contribution in [3.8, 4) is 0 Å². The van der Waals surface area contributed by atoms with E-state index in [0.717, 1.165) is 61.7 Å². The molecule has 0 unspecified atom stereocenters. The van der Waals surface area contributed by atoms with Gasteiger partial charge in [-0.3, -0.25) is 4.79 Å². The van der Waals surface area contributed by atoms with E-state index in [4.69, 9.17) is 9.52 Å². The molecule has 3 heterocycles. The van der Waals surface area contributed by atoms with Gasteiger partial charge >= 0.3 is 6.09 Å². The van der Waals surface area contributed by atoms with Crippen molar-refractivity contribution >= 4 is 40.2 Å². The van der Waals surface area contributed by atoms with E-state index >= 15 is 0 Å². The Balaban J connectivity index is 1.26. The van der Waals surface area contributed by atoms with Gasteiger partial charge in [0.15, 0.2) is 5.13 Å². The Morgan fingerprint density at radius 1 is 1.11 bits per heavy atom. The first-order valence-corrected chi connectivity index (χ1v) is 15.0. The van der Waals surface area contributed by atoms with E-state index in [-0.39, 0.29) is 17.2 Å². The zero-order valence-corrected chi connectivity index (χ0v) is 23.9. The maximum Gasteiger partial charge on any atom is 0.404 e. The van der Waals surface area contributed by atoms with E-state index in [1.54, 1.807) is 24.2 Å². The van der Waals surface area contributed by atoms with Crippen molar-refractivity contribution in [1.82, 2.24) is 20.2 Å². The second-order valence-corrected chi connectivity index (χ2v) is 12.9. The van der Waals surface area contributed by atoms with Gasteiger partial charge in [-0.2, -0.15) is 0 Å². The van der Waals surface area contributed by atoms with Crippen LogP contribution in [0.5, 0.6) is 0 Å². The Hall–Kier alpha value is -2.11. The Labute approximate surface area is 228 Å². The van der Waals surface area contributed by atoms with Crippen molar-refractivity contribution < 1.29 is 19.1 Å². The lowest BCUT2D eigenvalue weighted by Gasteiger charge is -2.31. The van der Waals surface area contributed by atoms with Crippen LogP contribution in [0.4, 0.5) is 9.93 Å². The monoisotopic (exact) mass is 551 g/mol. The number of rotatable bonds is 14. The normalized spacial score (nSPS) is 15.1. The van der Waals surface area contributed by atoms with E-state index < -0.39 is 6.09 Å². The standard InChI is InChI=1S/C26H41N5O4S2/c1-26(2,3)20-16-28-21(35-20)18-36-22-17-29-24(37-22)30-23(32)19-10-14-31(15-11-19)13-9-7-5-4-6-8-12-27-25(33)34/h16-17,19,27H,4-15,18H2,1-3H3,(H,33,34)(H,29,30,32). The Morgan fingerprint density at radius 3 is 2.49 bits per heavy atom. The quantitative estimate of drug-likeness (QED) is 0.194. The van der Waals surface area contributed by atoms with Gasteiger partial charge in [0, 0.05) is 17.9 Å². The molecule has 0 aliphatic carbocycles. The molecule has 2 aromatic heterocycles. The van der Waals surface area contributed by atoms with Crippen LogP contribution >= 0.6 is 23.1 Å². The lowest BCUT2D eigenvalue weighted by atomic mass is 9.94. The van der Waals surface area contributed by atoms with Crippen molar-refractivity contribution in [3.05, 3.63) is 24.0 Å². The van der Waals surface area contributed by atoms with Crippen LogP contribution in [0.1, 0.15) is 83.8 Å². The number of hydrogen-bond acceptors (Lipinski definition) is 8. The van der Waals surface area contributed by atoms with Crippen LogP contribution in [0, 0.1) is 5.92 Å². The smallest absolute Gasteiger partial charge is 0.404 e. The third-order valence-electron chi connectivity index (χ3n) is 6.48. The molecule has 37 heavy (non-hydrogen) atoms. The van der Waals surface area contributed by atoms with Gasteiger partial charge in [0.2, 0.25) is 11.8 Å². The summed E-state index contributed by atoms with van der Waals surface area (Å²) in [7, 11) is 0. The summed E-state index contributed by atoms with van der Waals surface area (Å²) in [6, 6.07) is 0. The number of piperidine rings is 1. The van der Waals surface area contributed by atoms with Crippen LogP contribution < -0.4 is 10.6 Å². The van der Waals surface area contributed by atoms with Gasteiger partial charge in [0.25, 0.3) is 0 Å². The minimum Gasteiger partial charge on any atom is -0.465 e. The summed E-state index contributed by atoms with van der Waals surface area (Å²) >= 11 is 3.11. The molecule has 2 amide bonds. The Bertz CT molecular complexity index is 980. The summed E-state index contributed by atoms with van der Waals surface area (Å²) in [5.74, 6) is 2.33. The number of likely N-dealkylation sites (tertiary alicyclic amines) is 1.